The Morgan fingerprint density at radius 3 is 2.28 bits per heavy atom. The summed E-state index contributed by atoms with van der Waals surface area (Å²) in [7, 11) is 3.07. The molecule has 29 heavy (non-hydrogen) atoms. The second-order valence-corrected chi connectivity index (χ2v) is 6.93. The lowest BCUT2D eigenvalue weighted by molar-refractivity contribution is 0.0945. The van der Waals surface area contributed by atoms with E-state index in [1.807, 2.05) is 12.1 Å². The molecular formula is C22H28FN3O3. The highest BCUT2D eigenvalue weighted by atomic mass is 19.1. The Morgan fingerprint density at radius 1 is 1.00 bits per heavy atom. The van der Waals surface area contributed by atoms with Crippen molar-refractivity contribution in [1.29, 1.82) is 0 Å². The van der Waals surface area contributed by atoms with E-state index >= 15 is 0 Å². The lowest BCUT2D eigenvalue weighted by Crippen LogP contribution is -2.47. The van der Waals surface area contributed by atoms with Crippen LogP contribution in [-0.4, -0.2) is 64.3 Å². The van der Waals surface area contributed by atoms with Crippen molar-refractivity contribution >= 4 is 11.6 Å². The van der Waals surface area contributed by atoms with Gasteiger partial charge in [-0.25, -0.2) is 4.39 Å². The summed E-state index contributed by atoms with van der Waals surface area (Å²) < 4.78 is 24.5. The SMILES string of the molecule is COc1cccc(OC)c1C(=O)NCCCN1CCN(c2ccccc2F)CC1. The van der Waals surface area contributed by atoms with Gasteiger partial charge < -0.3 is 19.7 Å². The lowest BCUT2D eigenvalue weighted by Gasteiger charge is -2.36. The van der Waals surface area contributed by atoms with Crippen LogP contribution in [0.3, 0.4) is 0 Å². The molecule has 2 aromatic rings. The molecule has 6 nitrogen and oxygen atoms in total. The molecule has 0 bridgehead atoms. The van der Waals surface area contributed by atoms with Crippen LogP contribution in [0, 0.1) is 5.82 Å². The first kappa shape index (κ1) is 20.9. The third kappa shape index (κ3) is 5.17. The van der Waals surface area contributed by atoms with Gasteiger partial charge in [0.05, 0.1) is 19.9 Å². The number of benzene rings is 2. The van der Waals surface area contributed by atoms with E-state index in [1.165, 1.54) is 20.3 Å². The maximum Gasteiger partial charge on any atom is 0.258 e. The number of amides is 1. The first-order chi connectivity index (χ1) is 14.1. The molecule has 0 radical (unpaired) electrons. The van der Waals surface area contributed by atoms with E-state index in [0.717, 1.165) is 39.1 Å². The van der Waals surface area contributed by atoms with E-state index in [0.29, 0.717) is 29.3 Å². The second-order valence-electron chi connectivity index (χ2n) is 6.93. The number of nitrogens with one attached hydrogen (secondary N) is 1. The Kier molecular flexibility index (Phi) is 7.30. The molecule has 1 amide bonds. The van der Waals surface area contributed by atoms with Gasteiger partial charge >= 0.3 is 0 Å². The van der Waals surface area contributed by atoms with Crippen molar-refractivity contribution in [3.05, 3.63) is 53.8 Å². The quantitative estimate of drug-likeness (QED) is 0.690. The van der Waals surface area contributed by atoms with Gasteiger partial charge in [0, 0.05) is 32.7 Å². The van der Waals surface area contributed by atoms with Gasteiger partial charge in [-0.05, 0) is 37.2 Å². The van der Waals surface area contributed by atoms with Crippen LogP contribution >= 0.6 is 0 Å². The molecule has 0 spiro atoms. The molecule has 1 aliphatic heterocycles. The normalized spacial score (nSPS) is 14.5. The van der Waals surface area contributed by atoms with Crippen molar-refractivity contribution in [2.75, 3.05) is 58.4 Å². The highest BCUT2D eigenvalue weighted by Gasteiger charge is 2.20. The van der Waals surface area contributed by atoms with Gasteiger partial charge in [-0.2, -0.15) is 0 Å². The van der Waals surface area contributed by atoms with Crippen LogP contribution < -0.4 is 19.7 Å². The molecular weight excluding hydrogens is 373 g/mol. The molecule has 0 aromatic heterocycles. The Hall–Kier alpha value is -2.80. The smallest absolute Gasteiger partial charge is 0.258 e. The minimum atomic E-state index is -0.205. The number of piperazine rings is 1. The number of methoxy groups -OCH3 is 2. The van der Waals surface area contributed by atoms with Gasteiger partial charge in [0.25, 0.3) is 5.91 Å². The monoisotopic (exact) mass is 401 g/mol. The van der Waals surface area contributed by atoms with Gasteiger partial charge in [-0.15, -0.1) is 0 Å². The minimum Gasteiger partial charge on any atom is -0.496 e. The minimum absolute atomic E-state index is 0.171. The summed E-state index contributed by atoms with van der Waals surface area (Å²) >= 11 is 0. The van der Waals surface area contributed by atoms with Crippen LogP contribution in [0.4, 0.5) is 10.1 Å². The highest BCUT2D eigenvalue weighted by Crippen LogP contribution is 2.28. The maximum atomic E-state index is 13.9. The number of anilines is 1. The summed E-state index contributed by atoms with van der Waals surface area (Å²) in [6, 6.07) is 12.2. The Labute approximate surface area is 171 Å². The van der Waals surface area contributed by atoms with Crippen LogP contribution in [0.2, 0.25) is 0 Å². The first-order valence-corrected chi connectivity index (χ1v) is 9.85. The summed E-state index contributed by atoms with van der Waals surface area (Å²) in [6.07, 6.45) is 0.836. The molecule has 2 aromatic carbocycles. The molecule has 1 aliphatic rings. The summed E-state index contributed by atoms with van der Waals surface area (Å²) in [5, 5.41) is 2.94. The van der Waals surface area contributed by atoms with E-state index in [4.69, 9.17) is 9.47 Å². The van der Waals surface area contributed by atoms with Crippen molar-refractivity contribution in [2.24, 2.45) is 0 Å². The van der Waals surface area contributed by atoms with E-state index in [1.54, 1.807) is 24.3 Å². The summed E-state index contributed by atoms with van der Waals surface area (Å²) in [5.41, 5.74) is 1.08. The number of rotatable bonds is 8. The van der Waals surface area contributed by atoms with Crippen LogP contribution in [0.15, 0.2) is 42.5 Å². The Balaban J connectivity index is 1.43. The fraction of sp³-hybridized carbons (Fsp3) is 0.409. The number of carbonyl (C=O) groups is 1. The number of hydrogen-bond acceptors (Lipinski definition) is 5. The standard InChI is InChI=1S/C22H28FN3O3/c1-28-19-9-5-10-20(29-2)21(19)22(27)24-11-6-12-25-13-15-26(16-14-25)18-8-4-3-7-17(18)23/h3-5,7-10H,6,11-16H2,1-2H3,(H,24,27). The third-order valence-corrected chi connectivity index (χ3v) is 5.16. The van der Waals surface area contributed by atoms with Crippen molar-refractivity contribution in [1.82, 2.24) is 10.2 Å². The van der Waals surface area contributed by atoms with Crippen molar-refractivity contribution in [2.45, 2.75) is 6.42 Å². The molecule has 0 atom stereocenters. The molecule has 0 saturated carbocycles. The number of halogens is 1. The zero-order valence-electron chi connectivity index (χ0n) is 17.0. The van der Waals surface area contributed by atoms with Crippen molar-refractivity contribution in [3.8, 4) is 11.5 Å². The van der Waals surface area contributed by atoms with Gasteiger partial charge in [-0.3, -0.25) is 9.69 Å². The number of nitrogens with zero attached hydrogens (tertiary/aromatic N) is 2. The van der Waals surface area contributed by atoms with E-state index in [-0.39, 0.29) is 11.7 Å². The molecule has 3 rings (SSSR count). The van der Waals surface area contributed by atoms with Crippen LogP contribution in [0.25, 0.3) is 0 Å². The molecule has 0 unspecified atom stereocenters. The van der Waals surface area contributed by atoms with Crippen molar-refractivity contribution < 1.29 is 18.7 Å². The molecule has 156 valence electrons. The molecule has 1 fully saturated rings. The zero-order chi connectivity index (χ0) is 20.6. The number of para-hydroxylation sites is 1. The average molecular weight is 401 g/mol. The van der Waals surface area contributed by atoms with E-state index < -0.39 is 0 Å². The predicted molar refractivity (Wildman–Crippen MR) is 112 cm³/mol. The Bertz CT molecular complexity index is 800. The molecule has 1 saturated heterocycles. The summed E-state index contributed by atoms with van der Waals surface area (Å²) in [6.45, 7) is 4.80. The average Bonchev–Trinajstić information content (AvgIpc) is 2.76. The summed E-state index contributed by atoms with van der Waals surface area (Å²) in [5.74, 6) is 0.608. The molecule has 1 N–H and O–H groups in total. The van der Waals surface area contributed by atoms with Crippen LogP contribution in [-0.2, 0) is 0 Å². The largest absolute Gasteiger partial charge is 0.496 e. The van der Waals surface area contributed by atoms with Gasteiger partial charge in [0.2, 0.25) is 0 Å². The van der Waals surface area contributed by atoms with E-state index in [9.17, 15) is 9.18 Å². The van der Waals surface area contributed by atoms with Gasteiger partial charge in [0.15, 0.2) is 0 Å². The second kappa shape index (κ2) is 10.1. The number of ether oxygens (including phenoxy) is 2. The topological polar surface area (TPSA) is 54.0 Å². The summed E-state index contributed by atoms with van der Waals surface area (Å²) in [4.78, 5) is 17.0. The van der Waals surface area contributed by atoms with Crippen LogP contribution in [0.5, 0.6) is 11.5 Å². The number of carbonyl (C=O) groups excluding carboxylic acids is 1. The fourth-order valence-corrected chi connectivity index (χ4v) is 3.59. The van der Waals surface area contributed by atoms with Gasteiger partial charge in [0.1, 0.15) is 22.9 Å². The first-order valence-electron chi connectivity index (χ1n) is 9.85. The van der Waals surface area contributed by atoms with Crippen LogP contribution in [0.1, 0.15) is 16.8 Å². The molecule has 1 heterocycles. The van der Waals surface area contributed by atoms with Crippen molar-refractivity contribution in [3.63, 3.8) is 0 Å². The fourth-order valence-electron chi connectivity index (χ4n) is 3.59. The molecule has 0 aliphatic carbocycles. The lowest BCUT2D eigenvalue weighted by atomic mass is 10.1. The Morgan fingerprint density at radius 2 is 1.66 bits per heavy atom. The predicted octanol–water partition coefficient (Wildman–Crippen LogP) is 2.79. The molecule has 7 heteroatoms. The van der Waals surface area contributed by atoms with E-state index in [2.05, 4.69) is 15.1 Å². The third-order valence-electron chi connectivity index (χ3n) is 5.16. The highest BCUT2D eigenvalue weighted by molar-refractivity contribution is 5.99. The zero-order valence-corrected chi connectivity index (χ0v) is 17.0. The van der Waals surface area contributed by atoms with Gasteiger partial charge in [-0.1, -0.05) is 18.2 Å². The number of hydrogen-bond donors (Lipinski definition) is 1. The maximum absolute atomic E-state index is 13.9.